The molecule has 0 atom stereocenters. The van der Waals surface area contributed by atoms with E-state index in [-0.39, 0.29) is 11.7 Å². The standard InChI is InChI=1S/C8H10Cl2N2O2/c1-13-2-3-14-8-6(10)4-5(9)7(11)12-8/h4H,2-3H2,1H3,(H2,11,12). The number of aromatic nitrogens is 1. The van der Waals surface area contributed by atoms with Gasteiger partial charge in [-0.05, 0) is 6.07 Å². The predicted molar refractivity (Wildman–Crippen MR) is 56.0 cm³/mol. The highest BCUT2D eigenvalue weighted by atomic mass is 35.5. The van der Waals surface area contributed by atoms with Crippen LogP contribution in [0.4, 0.5) is 5.82 Å². The van der Waals surface area contributed by atoms with Crippen molar-refractivity contribution in [2.75, 3.05) is 26.1 Å². The van der Waals surface area contributed by atoms with Crippen LogP contribution in [0.15, 0.2) is 6.07 Å². The van der Waals surface area contributed by atoms with Crippen molar-refractivity contribution < 1.29 is 9.47 Å². The summed E-state index contributed by atoms with van der Waals surface area (Å²) in [7, 11) is 1.58. The minimum Gasteiger partial charge on any atom is -0.474 e. The Bertz CT molecular complexity index is 320. The fourth-order valence-corrected chi connectivity index (χ4v) is 1.20. The Balaban J connectivity index is 2.72. The third-order valence-corrected chi connectivity index (χ3v) is 2.02. The Morgan fingerprint density at radius 3 is 2.71 bits per heavy atom. The lowest BCUT2D eigenvalue weighted by atomic mass is 10.4. The fourth-order valence-electron chi connectivity index (χ4n) is 0.786. The van der Waals surface area contributed by atoms with Crippen LogP contribution in [-0.2, 0) is 4.74 Å². The first-order valence-electron chi connectivity index (χ1n) is 3.88. The van der Waals surface area contributed by atoms with Crippen LogP contribution in [0.5, 0.6) is 5.88 Å². The second kappa shape index (κ2) is 5.24. The van der Waals surface area contributed by atoms with Gasteiger partial charge >= 0.3 is 0 Å². The number of rotatable bonds is 4. The van der Waals surface area contributed by atoms with Gasteiger partial charge in [0.25, 0.3) is 0 Å². The number of halogens is 2. The van der Waals surface area contributed by atoms with Gasteiger partial charge < -0.3 is 15.2 Å². The first kappa shape index (κ1) is 11.4. The van der Waals surface area contributed by atoms with Gasteiger partial charge in [-0.2, -0.15) is 4.98 Å². The van der Waals surface area contributed by atoms with E-state index in [9.17, 15) is 0 Å². The molecule has 0 aliphatic carbocycles. The summed E-state index contributed by atoms with van der Waals surface area (Å²) < 4.78 is 10.0. The van der Waals surface area contributed by atoms with E-state index in [1.54, 1.807) is 7.11 Å². The van der Waals surface area contributed by atoms with E-state index >= 15 is 0 Å². The fraction of sp³-hybridized carbons (Fsp3) is 0.375. The van der Waals surface area contributed by atoms with E-state index in [4.69, 9.17) is 38.4 Å². The molecule has 78 valence electrons. The van der Waals surface area contributed by atoms with E-state index in [2.05, 4.69) is 4.98 Å². The molecule has 0 saturated carbocycles. The highest BCUT2D eigenvalue weighted by Crippen LogP contribution is 2.28. The number of hydrogen-bond donors (Lipinski definition) is 1. The minimum atomic E-state index is 0.198. The average molecular weight is 237 g/mol. The van der Waals surface area contributed by atoms with Crippen molar-refractivity contribution in [2.24, 2.45) is 0 Å². The Morgan fingerprint density at radius 2 is 2.07 bits per heavy atom. The summed E-state index contributed by atoms with van der Waals surface area (Å²) in [5, 5.41) is 0.648. The van der Waals surface area contributed by atoms with Crippen molar-refractivity contribution in [1.29, 1.82) is 0 Å². The molecule has 0 aromatic carbocycles. The van der Waals surface area contributed by atoms with E-state index in [1.165, 1.54) is 6.07 Å². The molecular weight excluding hydrogens is 227 g/mol. The van der Waals surface area contributed by atoms with Crippen LogP contribution >= 0.6 is 23.2 Å². The van der Waals surface area contributed by atoms with E-state index < -0.39 is 0 Å². The molecule has 0 amide bonds. The van der Waals surface area contributed by atoms with Gasteiger partial charge in [0.1, 0.15) is 17.4 Å². The quantitative estimate of drug-likeness (QED) is 0.813. The van der Waals surface area contributed by atoms with Gasteiger partial charge in [0.05, 0.1) is 11.6 Å². The number of pyridine rings is 1. The molecule has 2 N–H and O–H groups in total. The van der Waals surface area contributed by atoms with Crippen molar-refractivity contribution >= 4 is 29.0 Å². The molecule has 14 heavy (non-hydrogen) atoms. The molecule has 0 saturated heterocycles. The van der Waals surface area contributed by atoms with Gasteiger partial charge in [-0.15, -0.1) is 0 Å². The second-order valence-corrected chi connectivity index (χ2v) is 3.30. The number of methoxy groups -OCH3 is 1. The molecule has 1 heterocycles. The van der Waals surface area contributed by atoms with Gasteiger partial charge in [0.15, 0.2) is 0 Å². The van der Waals surface area contributed by atoms with Crippen molar-refractivity contribution in [1.82, 2.24) is 4.98 Å². The molecular formula is C8H10Cl2N2O2. The maximum absolute atomic E-state index is 5.81. The molecule has 0 unspecified atom stereocenters. The summed E-state index contributed by atoms with van der Waals surface area (Å²) in [6, 6.07) is 1.49. The highest BCUT2D eigenvalue weighted by molar-refractivity contribution is 6.36. The Hall–Kier alpha value is -0.710. The summed E-state index contributed by atoms with van der Waals surface area (Å²) in [5.74, 6) is 0.467. The molecule has 1 aromatic rings. The smallest absolute Gasteiger partial charge is 0.234 e. The molecule has 0 bridgehead atoms. The van der Waals surface area contributed by atoms with Crippen LogP contribution < -0.4 is 10.5 Å². The Morgan fingerprint density at radius 1 is 1.36 bits per heavy atom. The topological polar surface area (TPSA) is 57.4 Å². The molecule has 0 fully saturated rings. The SMILES string of the molecule is COCCOc1nc(N)c(Cl)cc1Cl. The molecule has 0 radical (unpaired) electrons. The van der Waals surface area contributed by atoms with Crippen LogP contribution in [0, 0.1) is 0 Å². The van der Waals surface area contributed by atoms with E-state index in [1.807, 2.05) is 0 Å². The van der Waals surface area contributed by atoms with Gasteiger partial charge in [-0.1, -0.05) is 23.2 Å². The Kier molecular flexibility index (Phi) is 4.25. The second-order valence-electron chi connectivity index (χ2n) is 2.48. The largest absolute Gasteiger partial charge is 0.474 e. The maximum Gasteiger partial charge on any atom is 0.234 e. The zero-order valence-electron chi connectivity index (χ0n) is 7.59. The summed E-state index contributed by atoms with van der Waals surface area (Å²) >= 11 is 11.5. The van der Waals surface area contributed by atoms with Gasteiger partial charge in [0.2, 0.25) is 5.88 Å². The van der Waals surface area contributed by atoms with Crippen molar-refractivity contribution in [3.63, 3.8) is 0 Å². The highest BCUT2D eigenvalue weighted by Gasteiger charge is 2.07. The number of nitrogens with two attached hydrogens (primary N) is 1. The number of nitrogen functional groups attached to an aromatic ring is 1. The van der Waals surface area contributed by atoms with Crippen LogP contribution in [-0.4, -0.2) is 25.3 Å². The summed E-state index contributed by atoms with van der Waals surface area (Å²) in [6.45, 7) is 0.824. The number of hydrogen-bond acceptors (Lipinski definition) is 4. The molecule has 0 spiro atoms. The first-order valence-corrected chi connectivity index (χ1v) is 4.64. The van der Waals surface area contributed by atoms with Crippen LogP contribution in [0.2, 0.25) is 10.0 Å². The number of ether oxygens (including phenoxy) is 2. The van der Waals surface area contributed by atoms with Gasteiger partial charge in [-0.3, -0.25) is 0 Å². The molecule has 0 aliphatic rings. The normalized spacial score (nSPS) is 10.2. The molecule has 1 rings (SSSR count). The summed E-state index contributed by atoms with van der Waals surface area (Å²) in [5.41, 5.74) is 5.48. The number of nitrogens with zero attached hydrogens (tertiary/aromatic N) is 1. The monoisotopic (exact) mass is 236 g/mol. The van der Waals surface area contributed by atoms with E-state index in [0.29, 0.717) is 23.3 Å². The lowest BCUT2D eigenvalue weighted by Gasteiger charge is -2.07. The molecule has 4 nitrogen and oxygen atoms in total. The molecule has 1 aromatic heterocycles. The predicted octanol–water partition coefficient (Wildman–Crippen LogP) is 2.00. The summed E-state index contributed by atoms with van der Waals surface area (Å²) in [4.78, 5) is 3.88. The van der Waals surface area contributed by atoms with Crippen molar-refractivity contribution in [3.05, 3.63) is 16.1 Å². The average Bonchev–Trinajstić information content (AvgIpc) is 2.14. The molecule has 0 aliphatic heterocycles. The third kappa shape index (κ3) is 2.90. The van der Waals surface area contributed by atoms with E-state index in [0.717, 1.165) is 0 Å². The zero-order chi connectivity index (χ0) is 10.6. The lowest BCUT2D eigenvalue weighted by molar-refractivity contribution is 0.144. The van der Waals surface area contributed by atoms with Gasteiger partial charge in [-0.25, -0.2) is 0 Å². The van der Waals surface area contributed by atoms with Crippen LogP contribution in [0.25, 0.3) is 0 Å². The summed E-state index contributed by atoms with van der Waals surface area (Å²) in [6.07, 6.45) is 0. The third-order valence-electron chi connectivity index (χ3n) is 1.45. The van der Waals surface area contributed by atoms with Gasteiger partial charge in [0, 0.05) is 7.11 Å². The maximum atomic E-state index is 5.81. The lowest BCUT2D eigenvalue weighted by Crippen LogP contribution is -2.06. The number of anilines is 1. The Labute approximate surface area is 91.9 Å². The first-order chi connectivity index (χ1) is 6.65. The van der Waals surface area contributed by atoms with Crippen molar-refractivity contribution in [3.8, 4) is 5.88 Å². The van der Waals surface area contributed by atoms with Crippen molar-refractivity contribution in [2.45, 2.75) is 0 Å². The van der Waals surface area contributed by atoms with Crippen LogP contribution in [0.1, 0.15) is 0 Å². The van der Waals surface area contributed by atoms with Crippen LogP contribution in [0.3, 0.4) is 0 Å². The minimum absolute atomic E-state index is 0.198. The molecule has 6 heteroatoms. The zero-order valence-corrected chi connectivity index (χ0v) is 9.10.